The predicted octanol–water partition coefficient (Wildman–Crippen LogP) is 3.53. The molecule has 3 aromatic carbocycles. The Morgan fingerprint density at radius 1 is 1.12 bits per heavy atom. The molecule has 0 saturated heterocycles. The maximum atomic E-state index is 13.7. The van der Waals surface area contributed by atoms with Gasteiger partial charge in [-0.05, 0) is 53.9 Å². The van der Waals surface area contributed by atoms with E-state index in [0.29, 0.717) is 33.5 Å². The van der Waals surface area contributed by atoms with Crippen molar-refractivity contribution in [1.29, 1.82) is 5.26 Å². The van der Waals surface area contributed by atoms with Crippen LogP contribution in [0.5, 0.6) is 0 Å². The molecule has 0 saturated carbocycles. The lowest BCUT2D eigenvalue weighted by atomic mass is 10.00. The number of amidine groups is 1. The molecule has 228 valence electrons. The molecule has 0 aliphatic rings. The Balaban J connectivity index is 0.000000821. The number of nitrogens with two attached hydrogens (primary N) is 1. The monoisotopic (exact) mass is 623 g/mol. The molecule has 0 heterocycles. The molecule has 11 nitrogen and oxygen atoms in total. The number of carbonyl (C=O) groups excluding carboxylic acids is 1. The van der Waals surface area contributed by atoms with Gasteiger partial charge in [-0.2, -0.15) is 22.7 Å². The maximum Gasteiger partial charge on any atom is 0.490 e. The zero-order valence-corrected chi connectivity index (χ0v) is 23.3. The number of benzene rings is 3. The number of anilines is 1. The van der Waals surface area contributed by atoms with Crippen molar-refractivity contribution < 1.29 is 45.9 Å². The molecule has 0 bridgehead atoms. The zero-order valence-electron chi connectivity index (χ0n) is 22.5. The fraction of sp³-hybridized carbons (Fsp3) is 0.185. The van der Waals surface area contributed by atoms with Crippen molar-refractivity contribution in [3.8, 4) is 17.2 Å². The first kappa shape index (κ1) is 34.2. The van der Waals surface area contributed by atoms with Crippen molar-refractivity contribution in [2.75, 3.05) is 18.6 Å². The van der Waals surface area contributed by atoms with Crippen LogP contribution in [0.15, 0.2) is 71.9 Å². The molecule has 0 spiro atoms. The summed E-state index contributed by atoms with van der Waals surface area (Å²) >= 11 is 0. The molecule has 3 aromatic rings. The van der Waals surface area contributed by atoms with Crippen LogP contribution in [0.25, 0.3) is 11.1 Å². The lowest BCUT2D eigenvalue weighted by Crippen LogP contribution is -2.46. The standard InChI is InChI=1S/C25H24FN5O4S.C2HF3O2/c1-31(36(2,34)35)23(13-16-4-3-5-18(12-16)24(28)30-33)25(32)29-21-10-7-17(8-11-21)22-14-20(26)9-6-19(22)15-27;3-2(4,5)1(6)7/h3-12,14,23,33H,13H2,1-2H3,(H2,28,30)(H,29,32);(H,6,7). The van der Waals surface area contributed by atoms with Crippen molar-refractivity contribution >= 4 is 33.4 Å². The number of oxime groups is 1. The highest BCUT2D eigenvalue weighted by Gasteiger charge is 2.38. The Hall–Kier alpha value is -5.01. The topological polar surface area (TPSA) is 186 Å². The molecule has 16 heteroatoms. The summed E-state index contributed by atoms with van der Waals surface area (Å²) in [7, 11) is -2.42. The Kier molecular flexibility index (Phi) is 11.3. The average Bonchev–Trinajstić information content (AvgIpc) is 2.95. The number of aliphatic carboxylic acids is 1. The largest absolute Gasteiger partial charge is 0.490 e. The van der Waals surface area contributed by atoms with Gasteiger partial charge in [-0.25, -0.2) is 17.6 Å². The van der Waals surface area contributed by atoms with Crippen LogP contribution in [-0.4, -0.2) is 66.3 Å². The first-order valence-electron chi connectivity index (χ1n) is 11.9. The molecule has 0 aliphatic carbocycles. The molecule has 0 radical (unpaired) electrons. The van der Waals surface area contributed by atoms with Gasteiger partial charge in [0.2, 0.25) is 15.9 Å². The van der Waals surface area contributed by atoms with Crippen LogP contribution >= 0.6 is 0 Å². The van der Waals surface area contributed by atoms with Crippen molar-refractivity contribution in [2.45, 2.75) is 18.6 Å². The van der Waals surface area contributed by atoms with Crippen molar-refractivity contribution in [3.63, 3.8) is 0 Å². The van der Waals surface area contributed by atoms with Crippen LogP contribution in [0.4, 0.5) is 23.2 Å². The van der Waals surface area contributed by atoms with Gasteiger partial charge in [0.15, 0.2) is 5.84 Å². The Morgan fingerprint density at radius 3 is 2.23 bits per heavy atom. The Morgan fingerprint density at radius 2 is 1.72 bits per heavy atom. The number of sulfonamides is 1. The van der Waals surface area contributed by atoms with E-state index in [0.717, 1.165) is 10.6 Å². The minimum absolute atomic E-state index is 0.0227. The van der Waals surface area contributed by atoms with Crippen LogP contribution in [-0.2, 0) is 26.0 Å². The molecule has 5 N–H and O–H groups in total. The summed E-state index contributed by atoms with van der Waals surface area (Å²) < 4.78 is 70.9. The van der Waals surface area contributed by atoms with Crippen LogP contribution in [0.3, 0.4) is 0 Å². The van der Waals surface area contributed by atoms with Gasteiger partial charge in [-0.1, -0.05) is 35.5 Å². The van der Waals surface area contributed by atoms with E-state index in [-0.39, 0.29) is 12.3 Å². The average molecular weight is 624 g/mol. The summed E-state index contributed by atoms with van der Waals surface area (Å²) in [5.74, 6) is -3.93. The number of likely N-dealkylation sites (N-methyl/N-ethyl adjacent to an activating group) is 1. The van der Waals surface area contributed by atoms with Crippen LogP contribution in [0, 0.1) is 17.1 Å². The number of carbonyl (C=O) groups is 2. The second-order valence-electron chi connectivity index (χ2n) is 8.86. The van der Waals surface area contributed by atoms with E-state index in [4.69, 9.17) is 20.8 Å². The van der Waals surface area contributed by atoms with Gasteiger partial charge >= 0.3 is 12.1 Å². The first-order valence-corrected chi connectivity index (χ1v) is 13.7. The fourth-order valence-corrected chi connectivity index (χ4v) is 4.20. The molecule has 0 aromatic heterocycles. The SMILES string of the molecule is CN(C(Cc1cccc(/C(N)=N/O)c1)C(=O)Nc1ccc(-c2cc(F)ccc2C#N)cc1)S(C)(=O)=O.O=C(O)C(F)(F)F. The molecule has 1 unspecified atom stereocenters. The number of hydrogen-bond acceptors (Lipinski definition) is 7. The highest BCUT2D eigenvalue weighted by atomic mass is 32.2. The molecule has 3 rings (SSSR count). The van der Waals surface area contributed by atoms with Crippen molar-refractivity contribution in [2.24, 2.45) is 10.9 Å². The van der Waals surface area contributed by atoms with Gasteiger partial charge in [0.05, 0.1) is 17.9 Å². The third-order valence-corrected chi connectivity index (χ3v) is 7.13. The van der Waals surface area contributed by atoms with E-state index < -0.39 is 39.9 Å². The quantitative estimate of drug-likeness (QED) is 0.0965. The molecular formula is C27H25F4N5O6S. The van der Waals surface area contributed by atoms with E-state index in [1.807, 2.05) is 6.07 Å². The van der Waals surface area contributed by atoms with Gasteiger partial charge in [0.25, 0.3) is 0 Å². The van der Waals surface area contributed by atoms with Gasteiger partial charge in [0, 0.05) is 23.9 Å². The molecule has 0 aliphatic heterocycles. The normalized spacial score (nSPS) is 12.5. The summed E-state index contributed by atoms with van der Waals surface area (Å²) in [6.45, 7) is 0. The number of rotatable bonds is 8. The van der Waals surface area contributed by atoms with Gasteiger partial charge in [0.1, 0.15) is 11.9 Å². The minimum Gasteiger partial charge on any atom is -0.475 e. The van der Waals surface area contributed by atoms with Crippen LogP contribution < -0.4 is 11.1 Å². The summed E-state index contributed by atoms with van der Waals surface area (Å²) in [5, 5.41) is 31.0. The van der Waals surface area contributed by atoms with Crippen molar-refractivity contribution in [3.05, 3.63) is 89.2 Å². The van der Waals surface area contributed by atoms with Crippen molar-refractivity contribution in [1.82, 2.24) is 4.31 Å². The van der Waals surface area contributed by atoms with Gasteiger partial charge in [-0.3, -0.25) is 4.79 Å². The fourth-order valence-electron chi connectivity index (χ4n) is 3.57. The van der Waals surface area contributed by atoms with Crippen LogP contribution in [0.2, 0.25) is 0 Å². The molecular weight excluding hydrogens is 598 g/mol. The molecule has 43 heavy (non-hydrogen) atoms. The second-order valence-corrected chi connectivity index (χ2v) is 10.9. The number of carboxylic acids is 1. The number of nitrogens with zero attached hydrogens (tertiary/aromatic N) is 3. The number of halogens is 4. The number of amides is 1. The Labute approximate surface area is 243 Å². The third-order valence-electron chi connectivity index (χ3n) is 5.83. The molecule has 1 amide bonds. The van der Waals surface area contributed by atoms with E-state index >= 15 is 0 Å². The lowest BCUT2D eigenvalue weighted by molar-refractivity contribution is -0.192. The predicted molar refractivity (Wildman–Crippen MR) is 148 cm³/mol. The smallest absolute Gasteiger partial charge is 0.475 e. The summed E-state index contributed by atoms with van der Waals surface area (Å²) in [6.07, 6.45) is -4.06. The van der Waals surface area contributed by atoms with Crippen LogP contribution in [0.1, 0.15) is 16.7 Å². The molecule has 0 fully saturated rings. The number of nitrogens with one attached hydrogen (secondary N) is 1. The van der Waals surface area contributed by atoms with E-state index in [1.165, 1.54) is 25.2 Å². The number of nitriles is 1. The number of carboxylic acid groups (broad SMARTS) is 1. The van der Waals surface area contributed by atoms with E-state index in [9.17, 15) is 36.0 Å². The summed E-state index contributed by atoms with van der Waals surface area (Å²) in [4.78, 5) is 22.1. The first-order chi connectivity index (χ1) is 20.0. The van der Waals surface area contributed by atoms with E-state index in [2.05, 4.69) is 10.5 Å². The van der Waals surface area contributed by atoms with Gasteiger partial charge < -0.3 is 21.4 Å². The Bertz CT molecular complexity index is 1660. The molecule has 1 atom stereocenters. The van der Waals surface area contributed by atoms with Gasteiger partial charge in [-0.15, -0.1) is 0 Å². The summed E-state index contributed by atoms with van der Waals surface area (Å²) in [6, 6.07) is 17.7. The second kappa shape index (κ2) is 14.2. The maximum absolute atomic E-state index is 13.7. The number of alkyl halides is 3. The van der Waals surface area contributed by atoms with E-state index in [1.54, 1.807) is 48.5 Å². The highest BCUT2D eigenvalue weighted by Crippen LogP contribution is 2.26. The zero-order chi connectivity index (χ0) is 32.5. The lowest BCUT2D eigenvalue weighted by Gasteiger charge is -2.25. The highest BCUT2D eigenvalue weighted by molar-refractivity contribution is 7.88. The third kappa shape index (κ3) is 9.80. The minimum atomic E-state index is -5.08. The summed E-state index contributed by atoms with van der Waals surface area (Å²) in [5.41, 5.74) is 8.33. The number of hydrogen-bond donors (Lipinski definition) is 4.